The minimum absolute atomic E-state index is 0.646. The maximum absolute atomic E-state index is 6.13. The summed E-state index contributed by atoms with van der Waals surface area (Å²) >= 11 is 6.13. The Morgan fingerprint density at radius 3 is 3.00 bits per heavy atom. The summed E-state index contributed by atoms with van der Waals surface area (Å²) < 4.78 is 4.90. The van der Waals surface area contributed by atoms with E-state index >= 15 is 0 Å². The van der Waals surface area contributed by atoms with Crippen molar-refractivity contribution in [1.82, 2.24) is 15.5 Å². The number of rotatable bonds is 5. The third-order valence-corrected chi connectivity index (χ3v) is 2.80. The van der Waals surface area contributed by atoms with Gasteiger partial charge in [-0.05, 0) is 24.1 Å². The first-order chi connectivity index (χ1) is 8.25. The van der Waals surface area contributed by atoms with Gasteiger partial charge in [0.05, 0.1) is 0 Å². The minimum atomic E-state index is 0.646. The summed E-state index contributed by atoms with van der Waals surface area (Å²) in [7, 11) is 0. The Hall–Kier alpha value is -1.39. The van der Waals surface area contributed by atoms with E-state index in [-0.39, 0.29) is 0 Å². The van der Waals surface area contributed by atoms with Gasteiger partial charge in [-0.3, -0.25) is 0 Å². The van der Waals surface area contributed by atoms with Crippen LogP contribution in [0.1, 0.15) is 17.0 Å². The molecule has 0 aliphatic heterocycles. The number of aryl methyl sites for hydroxylation is 1. The Bertz CT molecular complexity index is 471. The van der Waals surface area contributed by atoms with Crippen LogP contribution in [0.5, 0.6) is 0 Å². The summed E-state index contributed by atoms with van der Waals surface area (Å²) in [4.78, 5) is 3.95. The molecule has 0 radical (unpaired) electrons. The van der Waals surface area contributed by atoms with Crippen LogP contribution in [-0.4, -0.2) is 16.7 Å². The lowest BCUT2D eigenvalue weighted by Gasteiger charge is -2.06. The number of hydrogen-bond acceptors (Lipinski definition) is 4. The monoisotopic (exact) mass is 251 g/mol. The summed E-state index contributed by atoms with van der Waals surface area (Å²) in [5.74, 6) is 0.646. The zero-order valence-corrected chi connectivity index (χ0v) is 10.4. The smallest absolute Gasteiger partial charge is 0.227 e. The average Bonchev–Trinajstić information content (AvgIpc) is 2.79. The van der Waals surface area contributed by atoms with Crippen molar-refractivity contribution in [3.8, 4) is 0 Å². The first kappa shape index (κ1) is 12.1. The van der Waals surface area contributed by atoms with E-state index in [4.69, 9.17) is 16.1 Å². The third kappa shape index (κ3) is 3.54. The second-order valence-corrected chi connectivity index (χ2v) is 4.26. The van der Waals surface area contributed by atoms with E-state index in [2.05, 4.69) is 21.5 Å². The fourth-order valence-electron chi connectivity index (χ4n) is 1.52. The Kier molecular flexibility index (Phi) is 4.12. The largest absolute Gasteiger partial charge is 0.340 e. The van der Waals surface area contributed by atoms with E-state index in [1.54, 1.807) is 0 Å². The molecule has 0 spiro atoms. The highest BCUT2D eigenvalue weighted by molar-refractivity contribution is 6.31. The number of aromatic nitrogens is 2. The van der Waals surface area contributed by atoms with Crippen molar-refractivity contribution in [2.45, 2.75) is 19.9 Å². The van der Waals surface area contributed by atoms with E-state index < -0.39 is 0 Å². The van der Waals surface area contributed by atoms with E-state index in [0.29, 0.717) is 5.89 Å². The maximum Gasteiger partial charge on any atom is 0.227 e. The Balaban J connectivity index is 1.78. The van der Waals surface area contributed by atoms with Crippen molar-refractivity contribution >= 4 is 11.6 Å². The molecule has 90 valence electrons. The average molecular weight is 252 g/mol. The molecule has 0 amide bonds. The third-order valence-electron chi connectivity index (χ3n) is 2.45. The minimum Gasteiger partial charge on any atom is -0.340 e. The Labute approximate surface area is 105 Å². The Morgan fingerprint density at radius 2 is 2.29 bits per heavy atom. The van der Waals surface area contributed by atoms with Crippen molar-refractivity contribution in [2.75, 3.05) is 6.54 Å². The Morgan fingerprint density at radius 1 is 1.41 bits per heavy atom. The van der Waals surface area contributed by atoms with Crippen molar-refractivity contribution in [3.05, 3.63) is 46.6 Å². The second kappa shape index (κ2) is 5.80. The SMILES string of the molecule is Cc1ccc(CNCCc2ncno2)c(Cl)c1. The van der Waals surface area contributed by atoms with Gasteiger partial charge in [0.2, 0.25) is 5.89 Å². The van der Waals surface area contributed by atoms with E-state index in [1.807, 2.05) is 19.1 Å². The van der Waals surface area contributed by atoms with E-state index in [1.165, 1.54) is 11.9 Å². The molecule has 1 heterocycles. The quantitative estimate of drug-likeness (QED) is 0.829. The molecule has 0 aliphatic rings. The molecular formula is C12H14ClN3O. The molecule has 0 aliphatic carbocycles. The molecule has 0 unspecified atom stereocenters. The van der Waals surface area contributed by atoms with Crippen LogP contribution in [-0.2, 0) is 13.0 Å². The van der Waals surface area contributed by atoms with Gasteiger partial charge in [-0.25, -0.2) is 0 Å². The predicted molar refractivity (Wildman–Crippen MR) is 65.9 cm³/mol. The van der Waals surface area contributed by atoms with Gasteiger partial charge in [-0.15, -0.1) is 0 Å². The summed E-state index contributed by atoms with van der Waals surface area (Å²) in [5, 5.41) is 7.64. The molecule has 2 aromatic rings. The van der Waals surface area contributed by atoms with Crippen LogP contribution in [0, 0.1) is 6.92 Å². The lowest BCUT2D eigenvalue weighted by atomic mass is 10.1. The highest BCUT2D eigenvalue weighted by Crippen LogP contribution is 2.17. The standard InChI is InChI=1S/C12H14ClN3O/c1-9-2-3-10(11(13)6-9)7-14-5-4-12-15-8-16-17-12/h2-3,6,8,14H,4-5,7H2,1H3. The summed E-state index contributed by atoms with van der Waals surface area (Å²) in [5.41, 5.74) is 2.27. The first-order valence-electron chi connectivity index (χ1n) is 5.47. The summed E-state index contributed by atoms with van der Waals surface area (Å²) in [6.07, 6.45) is 2.13. The van der Waals surface area contributed by atoms with Gasteiger partial charge in [-0.2, -0.15) is 4.98 Å². The van der Waals surface area contributed by atoms with Crippen LogP contribution < -0.4 is 5.32 Å². The molecule has 1 aromatic heterocycles. The van der Waals surface area contributed by atoms with Crippen LogP contribution in [0.2, 0.25) is 5.02 Å². The normalized spacial score (nSPS) is 10.7. The van der Waals surface area contributed by atoms with Gasteiger partial charge in [-0.1, -0.05) is 28.9 Å². The molecule has 5 heteroatoms. The van der Waals surface area contributed by atoms with Gasteiger partial charge in [0.1, 0.15) is 0 Å². The molecule has 0 bridgehead atoms. The number of nitrogens with one attached hydrogen (secondary N) is 1. The maximum atomic E-state index is 6.13. The highest BCUT2D eigenvalue weighted by Gasteiger charge is 2.01. The van der Waals surface area contributed by atoms with Gasteiger partial charge >= 0.3 is 0 Å². The van der Waals surface area contributed by atoms with Crippen molar-refractivity contribution < 1.29 is 4.52 Å². The van der Waals surface area contributed by atoms with Crippen molar-refractivity contribution in [3.63, 3.8) is 0 Å². The molecule has 4 nitrogen and oxygen atoms in total. The van der Waals surface area contributed by atoms with Gasteiger partial charge < -0.3 is 9.84 Å². The molecule has 1 N–H and O–H groups in total. The fourth-order valence-corrected chi connectivity index (χ4v) is 1.82. The van der Waals surface area contributed by atoms with Crippen molar-refractivity contribution in [1.29, 1.82) is 0 Å². The van der Waals surface area contributed by atoms with Gasteiger partial charge in [0, 0.05) is 24.5 Å². The van der Waals surface area contributed by atoms with Gasteiger partial charge in [0.15, 0.2) is 6.33 Å². The highest BCUT2D eigenvalue weighted by atomic mass is 35.5. The van der Waals surface area contributed by atoms with E-state index in [0.717, 1.165) is 30.1 Å². The zero-order chi connectivity index (χ0) is 12.1. The number of hydrogen-bond donors (Lipinski definition) is 1. The lowest BCUT2D eigenvalue weighted by Crippen LogP contribution is -2.17. The second-order valence-electron chi connectivity index (χ2n) is 3.86. The summed E-state index contributed by atoms with van der Waals surface area (Å²) in [6, 6.07) is 6.06. The van der Waals surface area contributed by atoms with Crippen LogP contribution in [0.4, 0.5) is 0 Å². The van der Waals surface area contributed by atoms with E-state index in [9.17, 15) is 0 Å². The van der Waals surface area contributed by atoms with Gasteiger partial charge in [0.25, 0.3) is 0 Å². The predicted octanol–water partition coefficient (Wildman–Crippen LogP) is 2.36. The molecule has 0 fully saturated rings. The number of halogens is 1. The molecule has 2 rings (SSSR count). The molecule has 1 aromatic carbocycles. The summed E-state index contributed by atoms with van der Waals surface area (Å²) in [6.45, 7) is 3.55. The molecule has 0 atom stereocenters. The van der Waals surface area contributed by atoms with Crippen LogP contribution >= 0.6 is 11.6 Å². The molecule has 0 saturated carbocycles. The molecule has 0 saturated heterocycles. The molecular weight excluding hydrogens is 238 g/mol. The molecule has 17 heavy (non-hydrogen) atoms. The topological polar surface area (TPSA) is 51.0 Å². The lowest BCUT2D eigenvalue weighted by molar-refractivity contribution is 0.375. The fraction of sp³-hybridized carbons (Fsp3) is 0.333. The first-order valence-corrected chi connectivity index (χ1v) is 5.85. The number of nitrogens with zero attached hydrogens (tertiary/aromatic N) is 2. The van der Waals surface area contributed by atoms with Crippen LogP contribution in [0.3, 0.4) is 0 Å². The van der Waals surface area contributed by atoms with Crippen LogP contribution in [0.25, 0.3) is 0 Å². The number of benzene rings is 1. The van der Waals surface area contributed by atoms with Crippen molar-refractivity contribution in [2.24, 2.45) is 0 Å². The zero-order valence-electron chi connectivity index (χ0n) is 9.61. The van der Waals surface area contributed by atoms with Crippen LogP contribution in [0.15, 0.2) is 29.0 Å².